The molecule has 1 aromatic rings. The fourth-order valence-corrected chi connectivity index (χ4v) is 3.04. The van der Waals surface area contributed by atoms with Crippen molar-refractivity contribution in [1.82, 2.24) is 4.90 Å². The first-order chi connectivity index (χ1) is 7.41. The molecule has 0 aliphatic rings. The SMILES string of the molecule is CC(N)C(c1ccc(Cl)s1)N(C)CC(F)F. The minimum absolute atomic E-state index is 0.216. The van der Waals surface area contributed by atoms with E-state index < -0.39 is 6.43 Å². The smallest absolute Gasteiger partial charge is 0.251 e. The van der Waals surface area contributed by atoms with Gasteiger partial charge in [-0.2, -0.15) is 0 Å². The Morgan fingerprint density at radius 2 is 2.12 bits per heavy atom. The highest BCUT2D eigenvalue weighted by molar-refractivity contribution is 7.16. The summed E-state index contributed by atoms with van der Waals surface area (Å²) in [5, 5.41) is 0. The van der Waals surface area contributed by atoms with Gasteiger partial charge in [0.1, 0.15) is 0 Å². The lowest BCUT2D eigenvalue weighted by atomic mass is 10.1. The molecular formula is C10H15ClF2N2S. The molecule has 92 valence electrons. The molecule has 0 amide bonds. The number of hydrogen-bond acceptors (Lipinski definition) is 3. The van der Waals surface area contributed by atoms with Crippen LogP contribution in [0, 0.1) is 0 Å². The van der Waals surface area contributed by atoms with Crippen molar-refractivity contribution in [3.05, 3.63) is 21.3 Å². The topological polar surface area (TPSA) is 29.3 Å². The van der Waals surface area contributed by atoms with Gasteiger partial charge >= 0.3 is 0 Å². The van der Waals surface area contributed by atoms with E-state index >= 15 is 0 Å². The van der Waals surface area contributed by atoms with Crippen LogP contribution in [0.3, 0.4) is 0 Å². The van der Waals surface area contributed by atoms with Crippen molar-refractivity contribution >= 4 is 22.9 Å². The molecule has 0 aromatic carbocycles. The maximum absolute atomic E-state index is 12.3. The average Bonchev–Trinajstić information content (AvgIpc) is 2.49. The Hall–Kier alpha value is -0.230. The zero-order valence-corrected chi connectivity index (χ0v) is 10.7. The highest BCUT2D eigenvalue weighted by atomic mass is 35.5. The zero-order valence-electron chi connectivity index (χ0n) is 9.16. The molecule has 1 aromatic heterocycles. The van der Waals surface area contributed by atoms with Crippen molar-refractivity contribution in [3.63, 3.8) is 0 Å². The van der Waals surface area contributed by atoms with Gasteiger partial charge in [-0.3, -0.25) is 4.90 Å². The lowest BCUT2D eigenvalue weighted by Crippen LogP contribution is -2.39. The van der Waals surface area contributed by atoms with Crippen LogP contribution in [0.15, 0.2) is 12.1 Å². The lowest BCUT2D eigenvalue weighted by Gasteiger charge is -2.29. The Bertz CT molecular complexity index is 330. The Morgan fingerprint density at radius 3 is 2.50 bits per heavy atom. The zero-order chi connectivity index (χ0) is 12.3. The van der Waals surface area contributed by atoms with E-state index in [9.17, 15) is 8.78 Å². The van der Waals surface area contributed by atoms with Crippen LogP contribution in [-0.2, 0) is 0 Å². The lowest BCUT2D eigenvalue weighted by molar-refractivity contribution is 0.0763. The number of nitrogens with zero attached hydrogens (tertiary/aromatic N) is 1. The van der Waals surface area contributed by atoms with Gasteiger partial charge in [-0.25, -0.2) is 8.78 Å². The van der Waals surface area contributed by atoms with Crippen LogP contribution in [0.2, 0.25) is 4.34 Å². The van der Waals surface area contributed by atoms with Crippen LogP contribution in [0.25, 0.3) is 0 Å². The van der Waals surface area contributed by atoms with Crippen LogP contribution < -0.4 is 5.73 Å². The first-order valence-corrected chi connectivity index (χ1v) is 6.10. The van der Waals surface area contributed by atoms with Crippen molar-refractivity contribution in [2.75, 3.05) is 13.6 Å². The number of hydrogen-bond donors (Lipinski definition) is 1. The summed E-state index contributed by atoms with van der Waals surface area (Å²) in [6.07, 6.45) is -2.36. The van der Waals surface area contributed by atoms with Crippen molar-refractivity contribution < 1.29 is 8.78 Å². The third-order valence-electron chi connectivity index (χ3n) is 2.28. The molecule has 1 heterocycles. The molecule has 2 unspecified atom stereocenters. The highest BCUT2D eigenvalue weighted by Crippen LogP contribution is 2.31. The van der Waals surface area contributed by atoms with Gasteiger partial charge in [0, 0.05) is 10.9 Å². The molecule has 0 saturated carbocycles. The fourth-order valence-electron chi connectivity index (χ4n) is 1.70. The normalized spacial score (nSPS) is 15.8. The largest absolute Gasteiger partial charge is 0.326 e. The molecule has 0 spiro atoms. The number of rotatable bonds is 5. The van der Waals surface area contributed by atoms with E-state index in [-0.39, 0.29) is 18.6 Å². The van der Waals surface area contributed by atoms with Crippen LogP contribution in [0.4, 0.5) is 8.78 Å². The van der Waals surface area contributed by atoms with E-state index in [0.717, 1.165) is 4.88 Å². The minimum atomic E-state index is -2.36. The van der Waals surface area contributed by atoms with Crippen LogP contribution in [0.5, 0.6) is 0 Å². The van der Waals surface area contributed by atoms with E-state index in [1.54, 1.807) is 24.9 Å². The molecule has 6 heteroatoms. The summed E-state index contributed by atoms with van der Waals surface area (Å²) >= 11 is 7.21. The predicted octanol–water partition coefficient (Wildman–Crippen LogP) is 2.99. The second-order valence-electron chi connectivity index (χ2n) is 3.78. The van der Waals surface area contributed by atoms with Crippen LogP contribution in [-0.4, -0.2) is 31.0 Å². The van der Waals surface area contributed by atoms with Crippen molar-refractivity contribution in [1.29, 1.82) is 0 Å². The molecule has 2 N–H and O–H groups in total. The van der Waals surface area contributed by atoms with Crippen molar-refractivity contribution in [3.8, 4) is 0 Å². The number of thiophene rings is 1. The molecule has 2 atom stereocenters. The first-order valence-electron chi connectivity index (χ1n) is 4.91. The monoisotopic (exact) mass is 268 g/mol. The minimum Gasteiger partial charge on any atom is -0.326 e. The summed E-state index contributed by atoms with van der Waals surface area (Å²) in [5.74, 6) is 0. The third-order valence-corrected chi connectivity index (χ3v) is 3.59. The van der Waals surface area contributed by atoms with Gasteiger partial charge in [0.05, 0.1) is 16.9 Å². The average molecular weight is 269 g/mol. The van der Waals surface area contributed by atoms with E-state index in [2.05, 4.69) is 0 Å². The maximum Gasteiger partial charge on any atom is 0.251 e. The summed E-state index contributed by atoms with van der Waals surface area (Å²) < 4.78 is 25.3. The van der Waals surface area contributed by atoms with Gasteiger partial charge in [-0.05, 0) is 26.1 Å². The predicted molar refractivity (Wildman–Crippen MR) is 64.4 cm³/mol. The van der Waals surface area contributed by atoms with E-state index in [4.69, 9.17) is 17.3 Å². The number of likely N-dealkylation sites (N-methyl/N-ethyl adjacent to an activating group) is 1. The van der Waals surface area contributed by atoms with E-state index in [1.165, 1.54) is 11.3 Å². The molecule has 1 rings (SSSR count). The molecule has 0 aliphatic heterocycles. The summed E-state index contributed by atoms with van der Waals surface area (Å²) in [4.78, 5) is 2.49. The quantitative estimate of drug-likeness (QED) is 0.890. The molecule has 0 fully saturated rings. The molecule has 0 radical (unpaired) electrons. The summed E-state index contributed by atoms with van der Waals surface area (Å²) in [7, 11) is 1.65. The molecule has 0 bridgehead atoms. The first kappa shape index (κ1) is 13.8. The Balaban J connectivity index is 2.82. The van der Waals surface area contributed by atoms with Gasteiger partial charge in [-0.1, -0.05) is 11.6 Å². The van der Waals surface area contributed by atoms with Gasteiger partial charge in [0.25, 0.3) is 6.43 Å². The van der Waals surface area contributed by atoms with Crippen molar-refractivity contribution in [2.45, 2.75) is 25.4 Å². The third kappa shape index (κ3) is 3.66. The summed E-state index contributed by atoms with van der Waals surface area (Å²) in [5.41, 5.74) is 5.83. The maximum atomic E-state index is 12.3. The van der Waals surface area contributed by atoms with Crippen LogP contribution >= 0.6 is 22.9 Å². The molecule has 0 aliphatic carbocycles. The standard InChI is InChI=1S/C10H15ClF2N2S/c1-6(14)10(15(2)5-9(12)13)7-3-4-8(11)16-7/h3-4,6,9-10H,5,14H2,1-2H3. The fraction of sp³-hybridized carbons (Fsp3) is 0.600. The van der Waals surface area contributed by atoms with E-state index in [1.807, 2.05) is 6.07 Å². The van der Waals surface area contributed by atoms with Gasteiger partial charge in [0.15, 0.2) is 0 Å². The van der Waals surface area contributed by atoms with Gasteiger partial charge in [-0.15, -0.1) is 11.3 Å². The van der Waals surface area contributed by atoms with Gasteiger partial charge < -0.3 is 5.73 Å². The van der Waals surface area contributed by atoms with Crippen molar-refractivity contribution in [2.24, 2.45) is 5.73 Å². The Labute approximate surface area is 103 Å². The Morgan fingerprint density at radius 1 is 1.50 bits per heavy atom. The molecular weight excluding hydrogens is 254 g/mol. The number of halogens is 3. The second kappa shape index (κ2) is 5.91. The highest BCUT2D eigenvalue weighted by Gasteiger charge is 2.24. The molecule has 0 saturated heterocycles. The number of alkyl halides is 2. The van der Waals surface area contributed by atoms with Crippen LogP contribution in [0.1, 0.15) is 17.8 Å². The molecule has 16 heavy (non-hydrogen) atoms. The Kier molecular flexibility index (Phi) is 5.11. The van der Waals surface area contributed by atoms with Gasteiger partial charge in [0.2, 0.25) is 0 Å². The van der Waals surface area contributed by atoms with E-state index in [0.29, 0.717) is 4.34 Å². The second-order valence-corrected chi connectivity index (χ2v) is 5.52. The summed E-state index contributed by atoms with van der Waals surface area (Å²) in [6, 6.07) is 3.15. The molecule has 2 nitrogen and oxygen atoms in total. The summed E-state index contributed by atoms with van der Waals surface area (Å²) in [6.45, 7) is 1.52. The number of nitrogens with two attached hydrogens (primary N) is 1.